The number of hydrogen-bond acceptors (Lipinski definition) is 5. The number of pyridine rings is 1. The van der Waals surface area contributed by atoms with Gasteiger partial charge in [0.25, 0.3) is 0 Å². The molecule has 0 aliphatic heterocycles. The smallest absolute Gasteiger partial charge is 0.230 e. The molecule has 0 atom stereocenters. The Balaban J connectivity index is 1.89. The van der Waals surface area contributed by atoms with Gasteiger partial charge in [-0.2, -0.15) is 0 Å². The molecule has 144 valence electrons. The van der Waals surface area contributed by atoms with E-state index in [1.807, 2.05) is 30.3 Å². The minimum absolute atomic E-state index is 0.399. The number of nitrogens with two attached hydrogens (primary N) is 1. The number of ether oxygens (including phenoxy) is 1. The molecule has 1 aromatic carbocycles. The summed E-state index contributed by atoms with van der Waals surface area (Å²) in [6.45, 7) is 3.41. The lowest BCUT2D eigenvalue weighted by Crippen LogP contribution is -2.37. The van der Waals surface area contributed by atoms with Crippen molar-refractivity contribution in [3.8, 4) is 17.0 Å². The fraction of sp³-hybridized carbons (Fsp3) is 0.238. The van der Waals surface area contributed by atoms with Crippen molar-refractivity contribution in [2.24, 2.45) is 5.73 Å². The first-order valence-electron chi connectivity index (χ1n) is 8.71. The number of nitrogens with zero attached hydrogens (tertiary/aromatic N) is 3. The Morgan fingerprint density at radius 3 is 2.39 bits per heavy atom. The maximum atomic E-state index is 11.6. The van der Waals surface area contributed by atoms with Crippen LogP contribution in [0.25, 0.3) is 11.1 Å². The first kappa shape index (κ1) is 19.8. The number of methoxy groups -OCH3 is 1. The van der Waals surface area contributed by atoms with Crippen LogP contribution in [0.3, 0.4) is 0 Å². The summed E-state index contributed by atoms with van der Waals surface area (Å²) in [4.78, 5) is 24.6. The summed E-state index contributed by atoms with van der Waals surface area (Å²) in [7, 11) is 1.59. The van der Waals surface area contributed by atoms with E-state index >= 15 is 0 Å². The highest BCUT2D eigenvalue weighted by Crippen LogP contribution is 2.31. The summed E-state index contributed by atoms with van der Waals surface area (Å²) in [6.07, 6.45) is 5.75. The van der Waals surface area contributed by atoms with Gasteiger partial charge in [0.2, 0.25) is 11.8 Å². The second kappa shape index (κ2) is 7.94. The third-order valence-corrected chi connectivity index (χ3v) is 4.76. The Bertz CT molecular complexity index is 1000. The third-order valence-electron chi connectivity index (χ3n) is 4.53. The lowest BCUT2D eigenvalue weighted by atomic mass is 9.91. The van der Waals surface area contributed by atoms with Crippen molar-refractivity contribution >= 4 is 17.5 Å². The first-order valence-corrected chi connectivity index (χ1v) is 9.09. The van der Waals surface area contributed by atoms with Crippen molar-refractivity contribution in [1.29, 1.82) is 0 Å². The van der Waals surface area contributed by atoms with Gasteiger partial charge in [0, 0.05) is 35.6 Å². The number of carbonyl (C=O) groups is 1. The highest BCUT2D eigenvalue weighted by molar-refractivity contribution is 6.30. The summed E-state index contributed by atoms with van der Waals surface area (Å²) in [6, 6.07) is 9.55. The van der Waals surface area contributed by atoms with Crippen molar-refractivity contribution in [2.45, 2.75) is 25.7 Å². The molecule has 0 spiro atoms. The van der Waals surface area contributed by atoms with Crippen LogP contribution in [0.4, 0.5) is 0 Å². The van der Waals surface area contributed by atoms with Gasteiger partial charge in [-0.05, 0) is 48.7 Å². The second-order valence-corrected chi connectivity index (χ2v) is 7.43. The molecular weight excluding hydrogens is 376 g/mol. The molecule has 6 nitrogen and oxygen atoms in total. The summed E-state index contributed by atoms with van der Waals surface area (Å²) in [5, 5.41) is 0.644. The van der Waals surface area contributed by atoms with Crippen LogP contribution >= 0.6 is 11.6 Å². The van der Waals surface area contributed by atoms with E-state index in [1.165, 1.54) is 0 Å². The minimum Gasteiger partial charge on any atom is -0.481 e. The predicted octanol–water partition coefficient (Wildman–Crippen LogP) is 3.55. The van der Waals surface area contributed by atoms with Gasteiger partial charge in [0.15, 0.2) is 0 Å². The zero-order valence-electron chi connectivity index (χ0n) is 15.9. The average Bonchev–Trinajstić information content (AvgIpc) is 2.68. The summed E-state index contributed by atoms with van der Waals surface area (Å²) in [5.41, 5.74) is 8.16. The number of amides is 1. The molecule has 0 unspecified atom stereocenters. The molecule has 7 heteroatoms. The average molecular weight is 397 g/mol. The quantitative estimate of drug-likeness (QED) is 0.687. The molecule has 1 amide bonds. The predicted molar refractivity (Wildman–Crippen MR) is 108 cm³/mol. The topological polar surface area (TPSA) is 91.0 Å². The van der Waals surface area contributed by atoms with Crippen LogP contribution in [-0.4, -0.2) is 28.0 Å². The molecule has 0 aliphatic carbocycles. The van der Waals surface area contributed by atoms with E-state index in [4.69, 9.17) is 22.1 Å². The first-order chi connectivity index (χ1) is 13.3. The Morgan fingerprint density at radius 2 is 1.79 bits per heavy atom. The summed E-state index contributed by atoms with van der Waals surface area (Å²) >= 11 is 6.12. The van der Waals surface area contributed by atoms with Crippen LogP contribution in [-0.2, 0) is 16.6 Å². The van der Waals surface area contributed by atoms with Crippen LogP contribution in [0.15, 0.2) is 48.9 Å². The van der Waals surface area contributed by atoms with Crippen molar-refractivity contribution in [3.63, 3.8) is 0 Å². The number of rotatable bonds is 6. The van der Waals surface area contributed by atoms with Gasteiger partial charge in [-0.15, -0.1) is 0 Å². The number of halogens is 1. The molecule has 2 N–H and O–H groups in total. The molecule has 3 aromatic rings. The van der Waals surface area contributed by atoms with Gasteiger partial charge in [-0.3, -0.25) is 4.79 Å². The van der Waals surface area contributed by atoms with Gasteiger partial charge in [-0.25, -0.2) is 15.0 Å². The standard InChI is InChI=1S/C21H21ClN4O2/c1-21(2,19(23)27)20-25-11-14(12-26-20)7-13-8-17(18(28-3)24-10-13)15-5-4-6-16(22)9-15/h4-6,8-12H,7H2,1-3H3,(H2,23,27). The molecule has 0 fully saturated rings. The molecule has 2 heterocycles. The molecule has 0 aliphatic rings. The van der Waals surface area contributed by atoms with Crippen molar-refractivity contribution in [3.05, 3.63) is 70.9 Å². The number of primary amides is 1. The monoisotopic (exact) mass is 396 g/mol. The van der Waals surface area contributed by atoms with Gasteiger partial charge < -0.3 is 10.5 Å². The van der Waals surface area contributed by atoms with Gasteiger partial charge in [0.1, 0.15) is 11.2 Å². The summed E-state index contributed by atoms with van der Waals surface area (Å²) in [5.74, 6) is 0.461. The SMILES string of the molecule is COc1ncc(Cc2cnc(C(C)(C)C(N)=O)nc2)cc1-c1cccc(Cl)c1. The molecule has 28 heavy (non-hydrogen) atoms. The van der Waals surface area contributed by atoms with Gasteiger partial charge >= 0.3 is 0 Å². The van der Waals surface area contributed by atoms with E-state index in [9.17, 15) is 4.79 Å². The van der Waals surface area contributed by atoms with Crippen LogP contribution in [0, 0.1) is 0 Å². The molecule has 0 saturated heterocycles. The molecule has 0 saturated carbocycles. The number of hydrogen-bond donors (Lipinski definition) is 1. The lowest BCUT2D eigenvalue weighted by Gasteiger charge is -2.18. The summed E-state index contributed by atoms with van der Waals surface area (Å²) < 4.78 is 5.40. The van der Waals surface area contributed by atoms with E-state index in [1.54, 1.807) is 39.5 Å². The highest BCUT2D eigenvalue weighted by Gasteiger charge is 2.30. The number of aromatic nitrogens is 3. The zero-order valence-corrected chi connectivity index (χ0v) is 16.7. The van der Waals surface area contributed by atoms with E-state index < -0.39 is 11.3 Å². The second-order valence-electron chi connectivity index (χ2n) is 6.99. The van der Waals surface area contributed by atoms with Gasteiger partial charge in [0.05, 0.1) is 7.11 Å². The Morgan fingerprint density at radius 1 is 1.11 bits per heavy atom. The van der Waals surface area contributed by atoms with E-state index in [2.05, 4.69) is 15.0 Å². The molecule has 0 bridgehead atoms. The van der Waals surface area contributed by atoms with Crippen molar-refractivity contribution in [1.82, 2.24) is 15.0 Å². The third kappa shape index (κ3) is 4.12. The normalized spacial score (nSPS) is 11.3. The van der Waals surface area contributed by atoms with E-state index in [0.717, 1.165) is 22.3 Å². The Hall–Kier alpha value is -2.99. The maximum Gasteiger partial charge on any atom is 0.230 e. The van der Waals surface area contributed by atoms with E-state index in [0.29, 0.717) is 23.1 Å². The fourth-order valence-corrected chi connectivity index (χ4v) is 2.92. The molecular formula is C21H21ClN4O2. The lowest BCUT2D eigenvalue weighted by molar-refractivity contribution is -0.122. The van der Waals surface area contributed by atoms with Crippen LogP contribution in [0.1, 0.15) is 30.8 Å². The molecule has 0 radical (unpaired) electrons. The number of carbonyl (C=O) groups excluding carboxylic acids is 1. The van der Waals surface area contributed by atoms with Crippen molar-refractivity contribution in [2.75, 3.05) is 7.11 Å². The van der Waals surface area contributed by atoms with Crippen molar-refractivity contribution < 1.29 is 9.53 Å². The highest BCUT2D eigenvalue weighted by atomic mass is 35.5. The van der Waals surface area contributed by atoms with Crippen LogP contribution < -0.4 is 10.5 Å². The van der Waals surface area contributed by atoms with Crippen LogP contribution in [0.5, 0.6) is 5.88 Å². The molecule has 3 rings (SSSR count). The largest absolute Gasteiger partial charge is 0.481 e. The van der Waals surface area contributed by atoms with Crippen LogP contribution in [0.2, 0.25) is 5.02 Å². The van der Waals surface area contributed by atoms with Gasteiger partial charge in [-0.1, -0.05) is 23.7 Å². The van der Waals surface area contributed by atoms with E-state index in [-0.39, 0.29) is 0 Å². The minimum atomic E-state index is -0.917. The Kier molecular flexibility index (Phi) is 5.61. The Labute approximate surface area is 168 Å². The zero-order chi connectivity index (χ0) is 20.3. The fourth-order valence-electron chi connectivity index (χ4n) is 2.73. The number of benzene rings is 1. The molecule has 2 aromatic heterocycles. The maximum absolute atomic E-state index is 11.6.